The highest BCUT2D eigenvalue weighted by molar-refractivity contribution is 4.86. The summed E-state index contributed by atoms with van der Waals surface area (Å²) in [5, 5.41) is 36.0. The second kappa shape index (κ2) is 3.04. The van der Waals surface area contributed by atoms with E-state index in [0.29, 0.717) is 0 Å². The van der Waals surface area contributed by atoms with Gasteiger partial charge in [-0.2, -0.15) is 0 Å². The van der Waals surface area contributed by atoms with Crippen LogP contribution in [0.3, 0.4) is 0 Å². The topological polar surface area (TPSA) is 90.2 Å². The van der Waals surface area contributed by atoms with Crippen LogP contribution in [0.2, 0.25) is 0 Å². The van der Waals surface area contributed by atoms with Crippen LogP contribution >= 0.6 is 0 Å². The average Bonchev–Trinajstić information content (AvgIpc) is 1.97. The van der Waals surface area contributed by atoms with Crippen molar-refractivity contribution in [3.8, 4) is 0 Å². The Morgan fingerprint density at radius 3 is 2.00 bits per heavy atom. The fourth-order valence-electron chi connectivity index (χ4n) is 1.03. The van der Waals surface area contributed by atoms with Crippen LogP contribution in [0, 0.1) is 0 Å². The molecule has 0 bridgehead atoms. The molecule has 1 aliphatic heterocycles. The summed E-state index contributed by atoms with van der Waals surface area (Å²) in [7, 11) is 0. The molecule has 1 saturated heterocycles. The van der Waals surface area contributed by atoms with Gasteiger partial charge in [0.1, 0.15) is 18.3 Å². The largest absolute Gasteiger partial charge is 0.388 e. The lowest BCUT2D eigenvalue weighted by Crippen LogP contribution is -2.56. The normalized spacial score (nSPS) is 52.6. The third-order valence-corrected chi connectivity index (χ3v) is 1.83. The minimum atomic E-state index is -1.43. The molecular formula is C6H12O5. The monoisotopic (exact) mass is 164 g/mol. The lowest BCUT2D eigenvalue weighted by atomic mass is 10.0. The van der Waals surface area contributed by atoms with Gasteiger partial charge in [-0.25, -0.2) is 0 Å². The highest BCUT2D eigenvalue weighted by Crippen LogP contribution is 2.18. The van der Waals surface area contributed by atoms with E-state index < -0.39 is 30.7 Å². The summed E-state index contributed by atoms with van der Waals surface area (Å²) in [6.07, 6.45) is -5.99. The molecule has 0 aromatic rings. The molecule has 0 radical (unpaired) electrons. The van der Waals surface area contributed by atoms with Crippen molar-refractivity contribution in [1.29, 1.82) is 0 Å². The van der Waals surface area contributed by atoms with Crippen molar-refractivity contribution in [2.75, 3.05) is 0 Å². The predicted octanol–water partition coefficient (Wildman–Crippen LogP) is -2.19. The summed E-state index contributed by atoms with van der Waals surface area (Å²) in [5.74, 6) is 0. The maximum Gasteiger partial charge on any atom is 0.183 e. The molecule has 1 fully saturated rings. The van der Waals surface area contributed by atoms with Gasteiger partial charge in [0.25, 0.3) is 0 Å². The number of aliphatic hydroxyl groups excluding tert-OH is 4. The Kier molecular flexibility index (Phi) is 2.46. The standard InChI is InChI=1S/C6H12O5/c1-2-3(7)4(8)5(9)6(10)11-2/h2-10H,1H3/t2-,3+,4-,5-,6-/m1/s1. The molecule has 0 aromatic heterocycles. The van der Waals surface area contributed by atoms with Gasteiger partial charge < -0.3 is 25.2 Å². The van der Waals surface area contributed by atoms with Crippen LogP contribution in [0.4, 0.5) is 0 Å². The first-order valence-corrected chi connectivity index (χ1v) is 3.41. The summed E-state index contributed by atoms with van der Waals surface area (Å²) in [5.41, 5.74) is 0. The van der Waals surface area contributed by atoms with Gasteiger partial charge >= 0.3 is 0 Å². The first-order valence-electron chi connectivity index (χ1n) is 3.41. The van der Waals surface area contributed by atoms with Gasteiger partial charge in [-0.3, -0.25) is 0 Å². The smallest absolute Gasteiger partial charge is 0.183 e. The average molecular weight is 164 g/mol. The van der Waals surface area contributed by atoms with Crippen LogP contribution in [0.5, 0.6) is 0 Å². The van der Waals surface area contributed by atoms with Crippen LogP contribution in [0.15, 0.2) is 0 Å². The van der Waals surface area contributed by atoms with Crippen molar-refractivity contribution < 1.29 is 25.2 Å². The van der Waals surface area contributed by atoms with Gasteiger partial charge in [-0.05, 0) is 6.92 Å². The second-order valence-electron chi connectivity index (χ2n) is 2.70. The Labute approximate surface area is 63.8 Å². The third kappa shape index (κ3) is 1.52. The molecule has 0 unspecified atom stereocenters. The number of hydrogen-bond acceptors (Lipinski definition) is 5. The molecule has 4 N–H and O–H groups in total. The zero-order chi connectivity index (χ0) is 8.59. The van der Waals surface area contributed by atoms with E-state index in [4.69, 9.17) is 20.4 Å². The van der Waals surface area contributed by atoms with Crippen LogP contribution in [-0.2, 0) is 4.74 Å². The van der Waals surface area contributed by atoms with Gasteiger partial charge in [0, 0.05) is 0 Å². The quantitative estimate of drug-likeness (QED) is 0.326. The fourth-order valence-corrected chi connectivity index (χ4v) is 1.03. The van der Waals surface area contributed by atoms with Crippen molar-refractivity contribution >= 4 is 0 Å². The number of hydrogen-bond donors (Lipinski definition) is 4. The first kappa shape index (κ1) is 8.89. The summed E-state index contributed by atoms with van der Waals surface area (Å²) in [4.78, 5) is 0. The molecule has 5 nitrogen and oxygen atoms in total. The predicted molar refractivity (Wildman–Crippen MR) is 34.6 cm³/mol. The Hall–Kier alpha value is -0.200. The molecule has 1 heterocycles. The van der Waals surface area contributed by atoms with E-state index in [-0.39, 0.29) is 0 Å². The zero-order valence-corrected chi connectivity index (χ0v) is 6.08. The van der Waals surface area contributed by atoms with Crippen LogP contribution in [-0.4, -0.2) is 51.1 Å². The fraction of sp³-hybridized carbons (Fsp3) is 1.00. The van der Waals surface area contributed by atoms with Crippen molar-refractivity contribution in [3.05, 3.63) is 0 Å². The Morgan fingerprint density at radius 1 is 0.909 bits per heavy atom. The van der Waals surface area contributed by atoms with Gasteiger partial charge in [0.05, 0.1) is 6.10 Å². The number of rotatable bonds is 0. The van der Waals surface area contributed by atoms with Crippen molar-refractivity contribution in [2.24, 2.45) is 0 Å². The molecular weight excluding hydrogens is 152 g/mol. The molecule has 5 atom stereocenters. The van der Waals surface area contributed by atoms with E-state index in [2.05, 4.69) is 4.74 Å². The highest BCUT2D eigenvalue weighted by atomic mass is 16.6. The minimum absolute atomic E-state index is 0.664. The molecule has 11 heavy (non-hydrogen) atoms. The zero-order valence-electron chi connectivity index (χ0n) is 6.08. The van der Waals surface area contributed by atoms with E-state index in [1.807, 2.05) is 0 Å². The molecule has 0 saturated carbocycles. The van der Waals surface area contributed by atoms with Gasteiger partial charge in [0.2, 0.25) is 0 Å². The molecule has 66 valence electrons. The maximum absolute atomic E-state index is 9.09. The van der Waals surface area contributed by atoms with E-state index in [1.54, 1.807) is 0 Å². The lowest BCUT2D eigenvalue weighted by Gasteiger charge is -2.36. The molecule has 5 heteroatoms. The van der Waals surface area contributed by atoms with Crippen LogP contribution < -0.4 is 0 Å². The van der Waals surface area contributed by atoms with Gasteiger partial charge in [-0.1, -0.05) is 0 Å². The molecule has 0 amide bonds. The minimum Gasteiger partial charge on any atom is -0.388 e. The summed E-state index contributed by atoms with van der Waals surface area (Å²) in [6, 6.07) is 0. The molecule has 0 aliphatic carbocycles. The van der Waals surface area contributed by atoms with E-state index in [1.165, 1.54) is 6.92 Å². The molecule has 1 aliphatic rings. The Balaban J connectivity index is 2.63. The Morgan fingerprint density at radius 2 is 1.45 bits per heavy atom. The van der Waals surface area contributed by atoms with Gasteiger partial charge in [-0.15, -0.1) is 0 Å². The second-order valence-corrected chi connectivity index (χ2v) is 2.70. The summed E-state index contributed by atoms with van der Waals surface area (Å²) >= 11 is 0. The third-order valence-electron chi connectivity index (χ3n) is 1.83. The number of aliphatic hydroxyl groups is 4. The molecule has 1 rings (SSSR count). The van der Waals surface area contributed by atoms with Crippen molar-refractivity contribution in [2.45, 2.75) is 37.6 Å². The van der Waals surface area contributed by atoms with E-state index in [9.17, 15) is 0 Å². The summed E-state index contributed by atoms with van der Waals surface area (Å²) in [6.45, 7) is 1.50. The Bertz CT molecular complexity index is 125. The maximum atomic E-state index is 9.09. The van der Waals surface area contributed by atoms with Crippen LogP contribution in [0.25, 0.3) is 0 Å². The van der Waals surface area contributed by atoms with Gasteiger partial charge in [0.15, 0.2) is 6.29 Å². The highest BCUT2D eigenvalue weighted by Gasteiger charge is 2.40. The van der Waals surface area contributed by atoms with Crippen molar-refractivity contribution in [1.82, 2.24) is 0 Å². The van der Waals surface area contributed by atoms with E-state index in [0.717, 1.165) is 0 Å². The van der Waals surface area contributed by atoms with Crippen molar-refractivity contribution in [3.63, 3.8) is 0 Å². The number of ether oxygens (including phenoxy) is 1. The van der Waals surface area contributed by atoms with Crippen LogP contribution in [0.1, 0.15) is 6.92 Å². The molecule has 0 spiro atoms. The SMILES string of the molecule is C[C@H]1O[C@@H](O)[C@H](O)[C@H](O)[C@H]1O. The lowest BCUT2D eigenvalue weighted by molar-refractivity contribution is -0.277. The first-order chi connectivity index (χ1) is 5.04. The van der Waals surface area contributed by atoms with E-state index >= 15 is 0 Å². The molecule has 0 aromatic carbocycles. The summed E-state index contributed by atoms with van der Waals surface area (Å²) < 4.78 is 4.68.